The molecule has 2 aromatic rings. The maximum atomic E-state index is 13.0. The quantitative estimate of drug-likeness (QED) is 0.443. The van der Waals surface area contributed by atoms with Crippen LogP contribution in [0.2, 0.25) is 0 Å². The molecule has 1 aromatic carbocycles. The van der Waals surface area contributed by atoms with E-state index < -0.39 is 11.2 Å². The van der Waals surface area contributed by atoms with Crippen molar-refractivity contribution in [2.75, 3.05) is 13.7 Å². The zero-order valence-corrected chi connectivity index (χ0v) is 17.1. The van der Waals surface area contributed by atoms with Crippen LogP contribution in [0.1, 0.15) is 38.1 Å². The van der Waals surface area contributed by atoms with Crippen molar-refractivity contribution in [3.8, 4) is 0 Å². The lowest BCUT2D eigenvalue weighted by Gasteiger charge is -2.17. The number of fused-ring (bicyclic) bond motifs is 1. The second-order valence-corrected chi connectivity index (χ2v) is 7.89. The fourth-order valence-corrected chi connectivity index (χ4v) is 3.53. The van der Waals surface area contributed by atoms with Gasteiger partial charge in [-0.15, -0.1) is 0 Å². The van der Waals surface area contributed by atoms with Gasteiger partial charge in [0.1, 0.15) is 0 Å². The van der Waals surface area contributed by atoms with Gasteiger partial charge in [-0.3, -0.25) is 14.2 Å². The molecule has 0 aliphatic rings. The normalized spacial score (nSPS) is 12.2. The molecule has 1 N–H and O–H groups in total. The average molecular weight is 391 g/mol. The van der Waals surface area contributed by atoms with Gasteiger partial charge >= 0.3 is 5.97 Å². The van der Waals surface area contributed by atoms with E-state index >= 15 is 0 Å². The maximum absolute atomic E-state index is 13.0. The molecule has 0 saturated carbocycles. The zero-order valence-electron chi connectivity index (χ0n) is 16.2. The molecule has 0 bridgehead atoms. The molecule has 2 rings (SSSR count). The zero-order chi connectivity index (χ0) is 20.1. The number of methoxy groups -OCH3 is 1. The number of benzene rings is 1. The Bertz CT molecular complexity index is 908. The molecule has 1 atom stereocenters. The first-order valence-corrected chi connectivity index (χ1v) is 9.73. The number of ether oxygens (including phenoxy) is 1. The molecule has 146 valence electrons. The number of thioether (sulfide) groups is 1. The molecule has 0 aliphatic carbocycles. The van der Waals surface area contributed by atoms with Crippen LogP contribution in [-0.2, 0) is 16.1 Å². The van der Waals surface area contributed by atoms with Crippen molar-refractivity contribution >= 4 is 34.5 Å². The summed E-state index contributed by atoms with van der Waals surface area (Å²) < 4.78 is 6.34. The number of hydrogen-bond acceptors (Lipinski definition) is 6. The van der Waals surface area contributed by atoms with Crippen LogP contribution in [0.25, 0.3) is 10.9 Å². The van der Waals surface area contributed by atoms with Crippen LogP contribution in [0.3, 0.4) is 0 Å². The first-order chi connectivity index (χ1) is 12.8. The van der Waals surface area contributed by atoms with Crippen LogP contribution in [0.15, 0.2) is 28.2 Å². The minimum absolute atomic E-state index is 0.115. The Labute approximate surface area is 162 Å². The summed E-state index contributed by atoms with van der Waals surface area (Å²) in [5, 5.41) is 3.26. The topological polar surface area (TPSA) is 90.3 Å². The highest BCUT2D eigenvalue weighted by Crippen LogP contribution is 2.24. The summed E-state index contributed by atoms with van der Waals surface area (Å²) in [7, 11) is 1.30. The lowest BCUT2D eigenvalue weighted by Crippen LogP contribution is -2.32. The van der Waals surface area contributed by atoms with Crippen LogP contribution >= 0.6 is 11.8 Å². The van der Waals surface area contributed by atoms with Crippen molar-refractivity contribution < 1.29 is 14.3 Å². The fourth-order valence-electron chi connectivity index (χ4n) is 2.59. The molecule has 1 aromatic heterocycles. The standard InChI is InChI=1S/C19H25N3O4S/c1-6-20-16(23)12(4)27-19-21-15-9-13(18(25)26-5)7-8-14(15)17(24)22(19)10-11(2)3/h7-9,11-12H,6,10H2,1-5H3,(H,20,23)/t12-/m1/s1. The molecule has 0 saturated heterocycles. The smallest absolute Gasteiger partial charge is 0.337 e. The van der Waals surface area contributed by atoms with Gasteiger partial charge in [-0.1, -0.05) is 25.6 Å². The lowest BCUT2D eigenvalue weighted by molar-refractivity contribution is -0.120. The van der Waals surface area contributed by atoms with E-state index in [4.69, 9.17) is 4.74 Å². The maximum Gasteiger partial charge on any atom is 0.337 e. The van der Waals surface area contributed by atoms with Crippen molar-refractivity contribution in [3.05, 3.63) is 34.1 Å². The minimum atomic E-state index is -0.491. The Kier molecular flexibility index (Phi) is 7.01. The van der Waals surface area contributed by atoms with Gasteiger partial charge in [0.25, 0.3) is 5.56 Å². The summed E-state index contributed by atoms with van der Waals surface area (Å²) in [6.45, 7) is 8.68. The van der Waals surface area contributed by atoms with E-state index in [0.29, 0.717) is 34.7 Å². The van der Waals surface area contributed by atoms with Crippen LogP contribution in [0, 0.1) is 5.92 Å². The van der Waals surface area contributed by atoms with Gasteiger partial charge in [-0.2, -0.15) is 0 Å². The van der Waals surface area contributed by atoms with Gasteiger partial charge in [0.15, 0.2) is 5.16 Å². The van der Waals surface area contributed by atoms with Crippen molar-refractivity contribution in [2.24, 2.45) is 5.92 Å². The molecular formula is C19H25N3O4S. The molecule has 1 amide bonds. The molecule has 0 aliphatic heterocycles. The molecule has 0 radical (unpaired) electrons. The third-order valence-electron chi connectivity index (χ3n) is 3.89. The molecular weight excluding hydrogens is 366 g/mol. The van der Waals surface area contributed by atoms with Gasteiger partial charge in [0, 0.05) is 13.1 Å². The van der Waals surface area contributed by atoms with E-state index in [1.807, 2.05) is 20.8 Å². The number of carbonyl (C=O) groups excluding carboxylic acids is 2. The van der Waals surface area contributed by atoms with Crippen LogP contribution < -0.4 is 10.9 Å². The van der Waals surface area contributed by atoms with Crippen LogP contribution in [0.5, 0.6) is 0 Å². The largest absolute Gasteiger partial charge is 0.465 e. The molecule has 7 nitrogen and oxygen atoms in total. The van der Waals surface area contributed by atoms with Crippen LogP contribution in [-0.4, -0.2) is 40.3 Å². The Hall–Kier alpha value is -2.35. The number of carbonyl (C=O) groups is 2. The van der Waals surface area contributed by atoms with Gasteiger partial charge in [-0.05, 0) is 38.0 Å². The van der Waals surface area contributed by atoms with Crippen LogP contribution in [0.4, 0.5) is 0 Å². The highest BCUT2D eigenvalue weighted by Gasteiger charge is 2.20. The first kappa shape index (κ1) is 21.0. The third kappa shape index (κ3) is 4.88. The van der Waals surface area contributed by atoms with E-state index in [-0.39, 0.29) is 17.4 Å². The number of amides is 1. The first-order valence-electron chi connectivity index (χ1n) is 8.85. The second kappa shape index (κ2) is 9.03. The van der Waals surface area contributed by atoms with E-state index in [9.17, 15) is 14.4 Å². The summed E-state index contributed by atoms with van der Waals surface area (Å²) in [4.78, 5) is 41.5. The lowest BCUT2D eigenvalue weighted by atomic mass is 10.1. The van der Waals surface area contributed by atoms with Gasteiger partial charge < -0.3 is 10.1 Å². The molecule has 8 heteroatoms. The fraction of sp³-hybridized carbons (Fsp3) is 0.474. The SMILES string of the molecule is CCNC(=O)[C@@H](C)Sc1nc2cc(C(=O)OC)ccc2c(=O)n1CC(C)C. The highest BCUT2D eigenvalue weighted by molar-refractivity contribution is 8.00. The van der Waals surface area contributed by atoms with Crippen molar-refractivity contribution in [1.82, 2.24) is 14.9 Å². The number of rotatable bonds is 7. The molecule has 1 heterocycles. The molecule has 0 spiro atoms. The predicted molar refractivity (Wildman–Crippen MR) is 106 cm³/mol. The molecule has 0 unspecified atom stereocenters. The Morgan fingerprint density at radius 2 is 2.00 bits per heavy atom. The number of esters is 1. The van der Waals surface area contributed by atoms with E-state index in [1.165, 1.54) is 18.9 Å². The summed E-state index contributed by atoms with van der Waals surface area (Å²) >= 11 is 1.23. The van der Waals surface area contributed by atoms with Gasteiger partial charge in [-0.25, -0.2) is 9.78 Å². The number of nitrogens with one attached hydrogen (secondary N) is 1. The average Bonchev–Trinajstić information content (AvgIpc) is 2.63. The predicted octanol–water partition coefficient (Wildman–Crippen LogP) is 2.46. The number of nitrogens with zero attached hydrogens (tertiary/aromatic N) is 2. The number of aromatic nitrogens is 2. The Morgan fingerprint density at radius 1 is 1.30 bits per heavy atom. The van der Waals surface area contributed by atoms with Crippen molar-refractivity contribution in [3.63, 3.8) is 0 Å². The van der Waals surface area contributed by atoms with E-state index in [1.54, 1.807) is 29.7 Å². The Morgan fingerprint density at radius 3 is 2.59 bits per heavy atom. The van der Waals surface area contributed by atoms with Crippen molar-refractivity contribution in [2.45, 2.75) is 44.6 Å². The molecule has 27 heavy (non-hydrogen) atoms. The summed E-state index contributed by atoms with van der Waals surface area (Å²) in [6.07, 6.45) is 0. The summed E-state index contributed by atoms with van der Waals surface area (Å²) in [6, 6.07) is 4.69. The summed E-state index contributed by atoms with van der Waals surface area (Å²) in [5.41, 5.74) is 0.551. The van der Waals surface area contributed by atoms with Gasteiger partial charge in [0.05, 0.1) is 28.8 Å². The monoisotopic (exact) mass is 391 g/mol. The highest BCUT2D eigenvalue weighted by atomic mass is 32.2. The van der Waals surface area contributed by atoms with E-state index in [0.717, 1.165) is 0 Å². The van der Waals surface area contributed by atoms with E-state index in [2.05, 4.69) is 10.3 Å². The van der Waals surface area contributed by atoms with Gasteiger partial charge in [0.2, 0.25) is 5.91 Å². The summed E-state index contributed by atoms with van der Waals surface area (Å²) in [5.74, 6) is -0.373. The minimum Gasteiger partial charge on any atom is -0.465 e. The third-order valence-corrected chi connectivity index (χ3v) is 4.98. The second-order valence-electron chi connectivity index (χ2n) is 6.58. The Balaban J connectivity index is 2.58. The molecule has 0 fully saturated rings. The van der Waals surface area contributed by atoms with Crippen molar-refractivity contribution in [1.29, 1.82) is 0 Å². The number of hydrogen-bond donors (Lipinski definition) is 1.